The van der Waals surface area contributed by atoms with Gasteiger partial charge in [0.15, 0.2) is 5.82 Å². The number of rotatable bonds is 4. The zero-order chi connectivity index (χ0) is 15.4. The topological polar surface area (TPSA) is 64.3 Å². The fourth-order valence-corrected chi connectivity index (χ4v) is 1.82. The third kappa shape index (κ3) is 3.28. The van der Waals surface area contributed by atoms with Crippen LogP contribution in [0, 0.1) is 11.6 Å². The molecule has 0 bridgehead atoms. The molecular weight excluding hydrogens is 278 g/mol. The highest BCUT2D eigenvalue weighted by atomic mass is 19.1. The summed E-state index contributed by atoms with van der Waals surface area (Å²) in [6.45, 7) is 2.21. The highest BCUT2D eigenvalue weighted by Crippen LogP contribution is 2.25. The lowest BCUT2D eigenvalue weighted by molar-refractivity contribution is 0.102. The van der Waals surface area contributed by atoms with E-state index in [9.17, 15) is 13.6 Å². The maximum Gasteiger partial charge on any atom is 0.258 e. The van der Waals surface area contributed by atoms with E-state index in [-0.39, 0.29) is 0 Å². The molecule has 0 atom stereocenters. The second-order valence-corrected chi connectivity index (χ2v) is 4.24. The van der Waals surface area contributed by atoms with Crippen molar-refractivity contribution in [3.8, 4) is 5.75 Å². The minimum atomic E-state index is -0.956. The van der Waals surface area contributed by atoms with E-state index < -0.39 is 28.8 Å². The summed E-state index contributed by atoms with van der Waals surface area (Å²) in [4.78, 5) is 12.1. The highest BCUT2D eigenvalue weighted by molar-refractivity contribution is 6.05. The van der Waals surface area contributed by atoms with Gasteiger partial charge in [0.25, 0.3) is 5.91 Å². The van der Waals surface area contributed by atoms with Crippen LogP contribution in [0.4, 0.5) is 20.2 Å². The van der Waals surface area contributed by atoms with Gasteiger partial charge in [-0.05, 0) is 31.2 Å². The Labute approximate surface area is 120 Å². The first-order chi connectivity index (χ1) is 10.0. The van der Waals surface area contributed by atoms with Crippen molar-refractivity contribution in [1.82, 2.24) is 0 Å². The van der Waals surface area contributed by atoms with Gasteiger partial charge in [0.2, 0.25) is 0 Å². The number of para-hydroxylation sites is 2. The maximum atomic E-state index is 13.8. The molecule has 0 aromatic heterocycles. The molecule has 0 aliphatic heterocycles. The van der Waals surface area contributed by atoms with Crippen LogP contribution in [0.3, 0.4) is 0 Å². The van der Waals surface area contributed by atoms with Crippen LogP contribution in [0.5, 0.6) is 5.75 Å². The van der Waals surface area contributed by atoms with E-state index >= 15 is 0 Å². The van der Waals surface area contributed by atoms with Crippen LogP contribution in [0.15, 0.2) is 36.4 Å². The molecule has 0 fully saturated rings. The first-order valence-corrected chi connectivity index (χ1v) is 6.30. The molecule has 0 heterocycles. The number of hydrogen-bond donors (Lipinski definition) is 2. The van der Waals surface area contributed by atoms with Crippen molar-refractivity contribution in [2.24, 2.45) is 0 Å². The Hall–Kier alpha value is -2.63. The largest absolute Gasteiger partial charge is 0.492 e. The fraction of sp³-hybridized carbons (Fsp3) is 0.133. The lowest BCUT2D eigenvalue weighted by Gasteiger charge is -2.12. The van der Waals surface area contributed by atoms with Gasteiger partial charge in [-0.2, -0.15) is 0 Å². The number of amides is 1. The normalized spacial score (nSPS) is 10.2. The Morgan fingerprint density at radius 2 is 2.00 bits per heavy atom. The lowest BCUT2D eigenvalue weighted by Crippen LogP contribution is -2.16. The van der Waals surface area contributed by atoms with E-state index in [4.69, 9.17) is 10.5 Å². The molecule has 0 aliphatic rings. The Balaban J connectivity index is 2.31. The number of ether oxygens (including phenoxy) is 1. The molecule has 3 N–H and O–H groups in total. The molecule has 0 saturated heterocycles. The molecule has 2 aromatic carbocycles. The molecule has 0 radical (unpaired) electrons. The van der Waals surface area contributed by atoms with E-state index in [2.05, 4.69) is 5.32 Å². The number of halogens is 2. The van der Waals surface area contributed by atoms with Crippen LogP contribution in [0.25, 0.3) is 0 Å². The third-order valence-corrected chi connectivity index (χ3v) is 2.75. The SMILES string of the molecule is CCOc1ccccc1NC(=O)c1cc(F)cc(N)c1F. The third-order valence-electron chi connectivity index (χ3n) is 2.75. The van der Waals surface area contributed by atoms with Gasteiger partial charge in [-0.3, -0.25) is 4.79 Å². The number of nitrogens with one attached hydrogen (secondary N) is 1. The van der Waals surface area contributed by atoms with Crippen molar-refractivity contribution in [3.63, 3.8) is 0 Å². The van der Waals surface area contributed by atoms with E-state index in [1.807, 2.05) is 0 Å². The van der Waals surface area contributed by atoms with Crippen molar-refractivity contribution in [3.05, 3.63) is 53.6 Å². The number of anilines is 2. The maximum absolute atomic E-state index is 13.8. The molecular formula is C15H14F2N2O2. The highest BCUT2D eigenvalue weighted by Gasteiger charge is 2.17. The number of benzene rings is 2. The van der Waals surface area contributed by atoms with Gasteiger partial charge < -0.3 is 15.8 Å². The van der Waals surface area contributed by atoms with Crippen LogP contribution < -0.4 is 15.8 Å². The first-order valence-electron chi connectivity index (χ1n) is 6.30. The number of carbonyl (C=O) groups is 1. The zero-order valence-corrected chi connectivity index (χ0v) is 11.3. The predicted molar refractivity (Wildman–Crippen MR) is 76.3 cm³/mol. The summed E-state index contributed by atoms with van der Waals surface area (Å²) in [6.07, 6.45) is 0. The molecule has 0 spiro atoms. The van der Waals surface area contributed by atoms with Gasteiger partial charge in [-0.15, -0.1) is 0 Å². The van der Waals surface area contributed by atoms with E-state index in [0.29, 0.717) is 18.0 Å². The Morgan fingerprint density at radius 1 is 1.29 bits per heavy atom. The first kappa shape index (κ1) is 14.8. The van der Waals surface area contributed by atoms with Crippen molar-refractivity contribution in [2.45, 2.75) is 6.92 Å². The van der Waals surface area contributed by atoms with Crippen LogP contribution in [-0.4, -0.2) is 12.5 Å². The van der Waals surface area contributed by atoms with E-state index in [1.165, 1.54) is 0 Å². The van der Waals surface area contributed by atoms with Gasteiger partial charge in [-0.1, -0.05) is 12.1 Å². The standard InChI is InChI=1S/C15H14F2N2O2/c1-2-21-13-6-4-3-5-12(13)19-15(20)10-7-9(16)8-11(18)14(10)17/h3-8H,2,18H2,1H3,(H,19,20). The molecule has 110 valence electrons. The van der Waals surface area contributed by atoms with Crippen molar-refractivity contribution in [2.75, 3.05) is 17.7 Å². The monoisotopic (exact) mass is 292 g/mol. The molecule has 0 unspecified atom stereocenters. The van der Waals surface area contributed by atoms with Crippen molar-refractivity contribution >= 4 is 17.3 Å². The Morgan fingerprint density at radius 3 is 2.71 bits per heavy atom. The summed E-state index contributed by atoms with van der Waals surface area (Å²) < 4.78 is 32.4. The quantitative estimate of drug-likeness (QED) is 0.851. The summed E-state index contributed by atoms with van der Waals surface area (Å²) in [5, 5.41) is 2.48. The smallest absolute Gasteiger partial charge is 0.258 e. The van der Waals surface area contributed by atoms with Crippen molar-refractivity contribution in [1.29, 1.82) is 0 Å². The van der Waals surface area contributed by atoms with Crippen LogP contribution >= 0.6 is 0 Å². The molecule has 2 aromatic rings. The molecule has 4 nitrogen and oxygen atoms in total. The van der Waals surface area contributed by atoms with Crippen LogP contribution in [0.2, 0.25) is 0 Å². The van der Waals surface area contributed by atoms with Gasteiger partial charge in [-0.25, -0.2) is 8.78 Å². The van der Waals surface area contributed by atoms with E-state index in [1.54, 1.807) is 31.2 Å². The van der Waals surface area contributed by atoms with Gasteiger partial charge >= 0.3 is 0 Å². The number of carbonyl (C=O) groups excluding carboxylic acids is 1. The van der Waals surface area contributed by atoms with Gasteiger partial charge in [0.1, 0.15) is 11.6 Å². The Kier molecular flexibility index (Phi) is 4.37. The summed E-state index contributed by atoms with van der Waals surface area (Å²) in [7, 11) is 0. The summed E-state index contributed by atoms with van der Waals surface area (Å²) in [5.41, 5.74) is 4.80. The minimum absolute atomic E-state index is 0.367. The summed E-state index contributed by atoms with van der Waals surface area (Å²) in [5.74, 6) is -2.09. The minimum Gasteiger partial charge on any atom is -0.492 e. The van der Waals surface area contributed by atoms with Gasteiger partial charge in [0.05, 0.1) is 23.5 Å². The molecule has 6 heteroatoms. The molecule has 0 aliphatic carbocycles. The predicted octanol–water partition coefficient (Wildman–Crippen LogP) is 3.20. The molecule has 2 rings (SSSR count). The molecule has 0 saturated carbocycles. The molecule has 21 heavy (non-hydrogen) atoms. The second-order valence-electron chi connectivity index (χ2n) is 4.24. The van der Waals surface area contributed by atoms with Crippen molar-refractivity contribution < 1.29 is 18.3 Å². The number of nitrogens with two attached hydrogens (primary N) is 1. The number of nitrogen functional groups attached to an aromatic ring is 1. The van der Waals surface area contributed by atoms with Gasteiger partial charge in [0, 0.05) is 0 Å². The molecule has 1 amide bonds. The average Bonchev–Trinajstić information content (AvgIpc) is 2.45. The van der Waals surface area contributed by atoms with Crippen LogP contribution in [-0.2, 0) is 0 Å². The zero-order valence-electron chi connectivity index (χ0n) is 11.3. The number of hydrogen-bond acceptors (Lipinski definition) is 3. The second kappa shape index (κ2) is 6.21. The Bertz CT molecular complexity index is 675. The summed E-state index contributed by atoms with van der Waals surface area (Å²) >= 11 is 0. The van der Waals surface area contributed by atoms with E-state index in [0.717, 1.165) is 12.1 Å². The summed E-state index contributed by atoms with van der Waals surface area (Å²) in [6, 6.07) is 8.30. The van der Waals surface area contributed by atoms with Crippen LogP contribution in [0.1, 0.15) is 17.3 Å². The fourth-order valence-electron chi connectivity index (χ4n) is 1.82. The average molecular weight is 292 g/mol. The lowest BCUT2D eigenvalue weighted by atomic mass is 10.1.